The van der Waals surface area contributed by atoms with Crippen molar-refractivity contribution in [3.05, 3.63) is 35.3 Å². The summed E-state index contributed by atoms with van der Waals surface area (Å²) in [4.78, 5) is 16.7. The van der Waals surface area contributed by atoms with E-state index in [1.165, 1.54) is 23.1 Å². The highest BCUT2D eigenvalue weighted by atomic mass is 32.2. The van der Waals surface area contributed by atoms with Crippen LogP contribution in [0.2, 0.25) is 0 Å². The molecule has 0 radical (unpaired) electrons. The van der Waals surface area contributed by atoms with Crippen LogP contribution < -0.4 is 5.32 Å². The number of carbonyl (C=O) groups is 1. The molecule has 0 spiro atoms. The number of hydrogen-bond donors (Lipinski definition) is 1. The lowest BCUT2D eigenvalue weighted by molar-refractivity contribution is -0.113. The van der Waals surface area contributed by atoms with Gasteiger partial charge in [0.2, 0.25) is 15.9 Å². The van der Waals surface area contributed by atoms with Gasteiger partial charge < -0.3 is 5.32 Å². The number of benzene rings is 1. The van der Waals surface area contributed by atoms with Crippen LogP contribution in [0.25, 0.3) is 0 Å². The highest BCUT2D eigenvalue weighted by Crippen LogP contribution is 2.24. The van der Waals surface area contributed by atoms with Crippen molar-refractivity contribution in [2.75, 3.05) is 24.2 Å². The minimum Gasteiger partial charge on any atom is -0.325 e. The number of rotatable bonds is 6. The van der Waals surface area contributed by atoms with Crippen LogP contribution in [-0.4, -0.2) is 42.5 Å². The number of amides is 1. The van der Waals surface area contributed by atoms with Gasteiger partial charge in [0, 0.05) is 29.9 Å². The number of hydrogen-bond acceptors (Lipinski definition) is 6. The van der Waals surface area contributed by atoms with Crippen LogP contribution in [0.1, 0.15) is 31.4 Å². The maximum Gasteiger partial charge on any atom is 0.243 e. The van der Waals surface area contributed by atoms with Gasteiger partial charge in [0.05, 0.1) is 10.6 Å². The lowest BCUT2D eigenvalue weighted by Crippen LogP contribution is -2.31. The van der Waals surface area contributed by atoms with Crippen LogP contribution in [0.5, 0.6) is 0 Å². The standard InChI is InChI=1S/C18H23N3O3S3/c1-14-12-25-18(19-14)26-13-17(22)20-15-6-8-16(9-7-15)27(23,24)21-10-4-2-3-5-11-21/h6-9,12H,2-5,10-11,13H2,1H3,(H,20,22). The Labute approximate surface area is 168 Å². The molecule has 146 valence electrons. The molecular formula is C18H23N3O3S3. The zero-order valence-corrected chi connectivity index (χ0v) is 17.6. The van der Waals surface area contributed by atoms with Crippen molar-refractivity contribution in [2.45, 2.75) is 41.8 Å². The fourth-order valence-electron chi connectivity index (χ4n) is 2.86. The molecule has 0 bridgehead atoms. The summed E-state index contributed by atoms with van der Waals surface area (Å²) < 4.78 is 28.0. The Balaban J connectivity index is 1.58. The summed E-state index contributed by atoms with van der Waals surface area (Å²) in [6.45, 7) is 3.07. The zero-order valence-electron chi connectivity index (χ0n) is 15.2. The van der Waals surface area contributed by atoms with Crippen LogP contribution in [0.4, 0.5) is 5.69 Å². The second kappa shape index (κ2) is 9.18. The number of thioether (sulfide) groups is 1. The number of sulfonamides is 1. The van der Waals surface area contributed by atoms with Crippen molar-refractivity contribution in [1.29, 1.82) is 0 Å². The van der Waals surface area contributed by atoms with E-state index in [1.807, 2.05) is 12.3 Å². The summed E-state index contributed by atoms with van der Waals surface area (Å²) >= 11 is 2.91. The Morgan fingerprint density at radius 2 is 1.85 bits per heavy atom. The van der Waals surface area contributed by atoms with Gasteiger partial charge in [-0.2, -0.15) is 4.31 Å². The Bertz CT molecular complexity index is 871. The topological polar surface area (TPSA) is 79.4 Å². The SMILES string of the molecule is Cc1csc(SCC(=O)Nc2ccc(S(=O)(=O)N3CCCCCC3)cc2)n1. The van der Waals surface area contributed by atoms with Crippen molar-refractivity contribution in [2.24, 2.45) is 0 Å². The Hall–Kier alpha value is -1.42. The normalized spacial score (nSPS) is 16.0. The molecule has 0 unspecified atom stereocenters. The van der Waals surface area contributed by atoms with Crippen LogP contribution in [-0.2, 0) is 14.8 Å². The number of nitrogens with zero attached hydrogens (tertiary/aromatic N) is 2. The molecular weight excluding hydrogens is 402 g/mol. The summed E-state index contributed by atoms with van der Waals surface area (Å²) in [6.07, 6.45) is 3.97. The molecule has 0 atom stereocenters. The molecule has 2 heterocycles. The van der Waals surface area contributed by atoms with E-state index in [4.69, 9.17) is 0 Å². The lowest BCUT2D eigenvalue weighted by Gasteiger charge is -2.20. The minimum atomic E-state index is -3.46. The van der Waals surface area contributed by atoms with Crippen molar-refractivity contribution < 1.29 is 13.2 Å². The predicted molar refractivity (Wildman–Crippen MR) is 110 cm³/mol. The molecule has 27 heavy (non-hydrogen) atoms. The fourth-order valence-corrected chi connectivity index (χ4v) is 6.03. The highest BCUT2D eigenvalue weighted by Gasteiger charge is 2.24. The van der Waals surface area contributed by atoms with Crippen LogP contribution in [0.3, 0.4) is 0 Å². The monoisotopic (exact) mass is 425 g/mol. The second-order valence-corrected chi connectivity index (χ2v) is 10.5. The van der Waals surface area contributed by atoms with Gasteiger partial charge in [0.25, 0.3) is 0 Å². The first kappa shape index (κ1) is 20.3. The molecule has 6 nitrogen and oxygen atoms in total. The van der Waals surface area contributed by atoms with E-state index in [-0.39, 0.29) is 16.6 Å². The summed E-state index contributed by atoms with van der Waals surface area (Å²) in [5.74, 6) is 0.122. The molecule has 9 heteroatoms. The predicted octanol–water partition coefficient (Wildman–Crippen LogP) is 3.75. The number of thiazole rings is 1. The average molecular weight is 426 g/mol. The Morgan fingerprint density at radius 1 is 1.19 bits per heavy atom. The van der Waals surface area contributed by atoms with Crippen LogP contribution in [0, 0.1) is 6.92 Å². The first-order valence-electron chi connectivity index (χ1n) is 8.90. The second-order valence-electron chi connectivity index (χ2n) is 6.43. The van der Waals surface area contributed by atoms with Crippen molar-refractivity contribution >= 4 is 44.7 Å². The largest absolute Gasteiger partial charge is 0.325 e. The molecule has 0 aliphatic carbocycles. The number of aryl methyl sites for hydroxylation is 1. The number of anilines is 1. The molecule has 3 rings (SSSR count). The summed E-state index contributed by atoms with van der Waals surface area (Å²) in [5, 5.41) is 4.74. The molecule has 0 saturated carbocycles. The van der Waals surface area contributed by atoms with Gasteiger partial charge in [0.15, 0.2) is 4.34 Å². The van der Waals surface area contributed by atoms with Gasteiger partial charge in [-0.15, -0.1) is 11.3 Å². The number of aromatic nitrogens is 1. The third-order valence-electron chi connectivity index (χ3n) is 4.27. The van der Waals surface area contributed by atoms with E-state index in [1.54, 1.807) is 28.6 Å². The van der Waals surface area contributed by atoms with E-state index >= 15 is 0 Å². The van der Waals surface area contributed by atoms with Gasteiger partial charge >= 0.3 is 0 Å². The molecule has 2 aromatic rings. The maximum atomic E-state index is 12.8. The minimum absolute atomic E-state index is 0.143. The molecule has 1 aromatic heterocycles. The lowest BCUT2D eigenvalue weighted by atomic mass is 10.2. The highest BCUT2D eigenvalue weighted by molar-refractivity contribution is 8.01. The molecule has 1 N–H and O–H groups in total. The first-order chi connectivity index (χ1) is 12.9. The van der Waals surface area contributed by atoms with Crippen LogP contribution in [0.15, 0.2) is 38.9 Å². The molecule has 1 fully saturated rings. The smallest absolute Gasteiger partial charge is 0.243 e. The van der Waals surface area contributed by atoms with Crippen molar-refractivity contribution in [1.82, 2.24) is 9.29 Å². The maximum absolute atomic E-state index is 12.8. The van der Waals surface area contributed by atoms with Crippen molar-refractivity contribution in [3.63, 3.8) is 0 Å². The van der Waals surface area contributed by atoms with E-state index in [0.717, 1.165) is 35.7 Å². The van der Waals surface area contributed by atoms with E-state index in [9.17, 15) is 13.2 Å². The molecule has 1 aromatic carbocycles. The van der Waals surface area contributed by atoms with Gasteiger partial charge in [-0.25, -0.2) is 13.4 Å². The van der Waals surface area contributed by atoms with E-state index < -0.39 is 10.0 Å². The van der Waals surface area contributed by atoms with Gasteiger partial charge in [-0.1, -0.05) is 24.6 Å². The quantitative estimate of drug-likeness (QED) is 0.713. The summed E-state index contributed by atoms with van der Waals surface area (Å²) in [7, 11) is -3.46. The molecule has 1 amide bonds. The fraction of sp³-hybridized carbons (Fsp3) is 0.444. The number of carbonyl (C=O) groups excluding carboxylic acids is 1. The zero-order chi connectivity index (χ0) is 19.3. The van der Waals surface area contributed by atoms with Crippen molar-refractivity contribution in [3.8, 4) is 0 Å². The molecule has 1 aliphatic heterocycles. The average Bonchev–Trinajstić information content (AvgIpc) is 2.89. The van der Waals surface area contributed by atoms with Gasteiger partial charge in [0.1, 0.15) is 0 Å². The Kier molecular flexibility index (Phi) is 6.91. The van der Waals surface area contributed by atoms with Gasteiger partial charge in [-0.05, 0) is 44.0 Å². The van der Waals surface area contributed by atoms with E-state index in [2.05, 4.69) is 10.3 Å². The summed E-state index contributed by atoms with van der Waals surface area (Å²) in [6, 6.07) is 6.40. The summed E-state index contributed by atoms with van der Waals surface area (Å²) in [5.41, 5.74) is 1.54. The van der Waals surface area contributed by atoms with E-state index in [0.29, 0.717) is 18.8 Å². The molecule has 1 saturated heterocycles. The first-order valence-corrected chi connectivity index (χ1v) is 12.2. The third-order valence-corrected chi connectivity index (χ3v) is 8.32. The molecule has 1 aliphatic rings. The van der Waals surface area contributed by atoms with Gasteiger partial charge in [-0.3, -0.25) is 4.79 Å². The number of nitrogens with one attached hydrogen (secondary N) is 1. The third kappa shape index (κ3) is 5.54. The Morgan fingerprint density at radius 3 is 2.44 bits per heavy atom. The van der Waals surface area contributed by atoms with Crippen LogP contribution >= 0.6 is 23.1 Å².